The first-order valence-corrected chi connectivity index (χ1v) is 5.38. The number of rotatable bonds is 2. The van der Waals surface area contributed by atoms with Crippen molar-refractivity contribution in [1.82, 2.24) is 5.32 Å². The molecule has 0 radical (unpaired) electrons. The SMILES string of the molecule is N#Cc1ccccc1NC(=O)C1COCC(=O)N1. The van der Waals surface area contributed by atoms with Gasteiger partial charge in [0.05, 0.1) is 17.9 Å². The highest BCUT2D eigenvalue weighted by atomic mass is 16.5. The van der Waals surface area contributed by atoms with Crippen molar-refractivity contribution in [2.75, 3.05) is 18.5 Å². The molecule has 6 nitrogen and oxygen atoms in total. The zero-order valence-electron chi connectivity index (χ0n) is 9.47. The molecule has 0 spiro atoms. The molecule has 1 aliphatic rings. The third kappa shape index (κ3) is 2.64. The van der Waals surface area contributed by atoms with Gasteiger partial charge in [-0.3, -0.25) is 9.59 Å². The largest absolute Gasteiger partial charge is 0.369 e. The van der Waals surface area contributed by atoms with Crippen molar-refractivity contribution in [1.29, 1.82) is 5.26 Å². The van der Waals surface area contributed by atoms with E-state index in [4.69, 9.17) is 10.00 Å². The number of nitrogens with one attached hydrogen (secondary N) is 2. The van der Waals surface area contributed by atoms with Crippen molar-refractivity contribution in [2.45, 2.75) is 6.04 Å². The van der Waals surface area contributed by atoms with Crippen LogP contribution in [0.1, 0.15) is 5.56 Å². The van der Waals surface area contributed by atoms with Gasteiger partial charge >= 0.3 is 0 Å². The topological polar surface area (TPSA) is 91.2 Å². The van der Waals surface area contributed by atoms with Crippen LogP contribution in [-0.2, 0) is 14.3 Å². The van der Waals surface area contributed by atoms with E-state index in [1.165, 1.54) is 0 Å². The molecule has 6 heteroatoms. The first-order chi connectivity index (χ1) is 8.70. The summed E-state index contributed by atoms with van der Waals surface area (Å²) in [7, 11) is 0. The quantitative estimate of drug-likeness (QED) is 0.768. The summed E-state index contributed by atoms with van der Waals surface area (Å²) in [6, 6.07) is 7.91. The number of benzene rings is 1. The predicted octanol–water partition coefficient (Wildman–Crippen LogP) is 0.0118. The minimum Gasteiger partial charge on any atom is -0.369 e. The summed E-state index contributed by atoms with van der Waals surface area (Å²) in [4.78, 5) is 23.0. The Morgan fingerprint density at radius 1 is 1.50 bits per heavy atom. The standard InChI is InChI=1S/C12H11N3O3/c13-5-8-3-1-2-4-9(8)15-12(17)10-6-18-7-11(16)14-10/h1-4,10H,6-7H2,(H,14,16)(H,15,17). The molecule has 1 fully saturated rings. The zero-order valence-corrected chi connectivity index (χ0v) is 9.47. The number of carbonyl (C=O) groups excluding carboxylic acids is 2. The highest BCUT2D eigenvalue weighted by Crippen LogP contribution is 2.14. The van der Waals surface area contributed by atoms with Crippen molar-refractivity contribution in [2.24, 2.45) is 0 Å². The van der Waals surface area contributed by atoms with Crippen molar-refractivity contribution in [3.05, 3.63) is 29.8 Å². The molecule has 1 aromatic rings. The van der Waals surface area contributed by atoms with Crippen LogP contribution in [0.5, 0.6) is 0 Å². The van der Waals surface area contributed by atoms with Crippen LogP contribution in [0.4, 0.5) is 5.69 Å². The van der Waals surface area contributed by atoms with E-state index in [2.05, 4.69) is 10.6 Å². The maximum Gasteiger partial charge on any atom is 0.249 e. The maximum absolute atomic E-state index is 11.9. The maximum atomic E-state index is 11.9. The third-order valence-corrected chi connectivity index (χ3v) is 2.47. The normalized spacial score (nSPS) is 18.6. The molecule has 0 aromatic heterocycles. The first kappa shape index (κ1) is 12.1. The van der Waals surface area contributed by atoms with E-state index in [1.54, 1.807) is 24.3 Å². The van der Waals surface area contributed by atoms with Gasteiger partial charge in [0.15, 0.2) is 0 Å². The van der Waals surface area contributed by atoms with Gasteiger partial charge < -0.3 is 15.4 Å². The van der Waals surface area contributed by atoms with E-state index in [1.807, 2.05) is 6.07 Å². The lowest BCUT2D eigenvalue weighted by molar-refractivity contribution is -0.136. The molecule has 2 N–H and O–H groups in total. The lowest BCUT2D eigenvalue weighted by atomic mass is 10.2. The van der Waals surface area contributed by atoms with Gasteiger partial charge in [-0.1, -0.05) is 12.1 Å². The molecule has 18 heavy (non-hydrogen) atoms. The van der Waals surface area contributed by atoms with E-state index < -0.39 is 11.9 Å². The van der Waals surface area contributed by atoms with Crippen LogP contribution in [0, 0.1) is 11.3 Å². The number of hydrogen-bond donors (Lipinski definition) is 2. The highest BCUT2D eigenvalue weighted by Gasteiger charge is 2.25. The van der Waals surface area contributed by atoms with Crippen LogP contribution in [0.25, 0.3) is 0 Å². The second kappa shape index (κ2) is 5.29. The Bertz CT molecular complexity index is 522. The van der Waals surface area contributed by atoms with Gasteiger partial charge in [0.2, 0.25) is 11.8 Å². The molecule has 2 rings (SSSR count). The molecule has 0 bridgehead atoms. The van der Waals surface area contributed by atoms with E-state index in [0.717, 1.165) is 0 Å². The smallest absolute Gasteiger partial charge is 0.249 e. The Morgan fingerprint density at radius 2 is 2.28 bits per heavy atom. The lowest BCUT2D eigenvalue weighted by Crippen LogP contribution is -2.52. The van der Waals surface area contributed by atoms with Crippen molar-refractivity contribution >= 4 is 17.5 Å². The second-order valence-electron chi connectivity index (χ2n) is 3.78. The van der Waals surface area contributed by atoms with Gasteiger partial charge in [0.1, 0.15) is 18.7 Å². The third-order valence-electron chi connectivity index (χ3n) is 2.47. The van der Waals surface area contributed by atoms with E-state index in [9.17, 15) is 9.59 Å². The van der Waals surface area contributed by atoms with Crippen molar-refractivity contribution in [3.8, 4) is 6.07 Å². The average Bonchev–Trinajstić information content (AvgIpc) is 2.39. The van der Waals surface area contributed by atoms with Crippen LogP contribution in [-0.4, -0.2) is 31.1 Å². The van der Waals surface area contributed by atoms with Gasteiger partial charge in [-0.15, -0.1) is 0 Å². The molecular weight excluding hydrogens is 234 g/mol. The van der Waals surface area contributed by atoms with E-state index in [-0.39, 0.29) is 19.1 Å². The Hall–Kier alpha value is -2.39. The fourth-order valence-electron chi connectivity index (χ4n) is 1.60. The van der Waals surface area contributed by atoms with Gasteiger partial charge in [0, 0.05) is 0 Å². The van der Waals surface area contributed by atoms with E-state index >= 15 is 0 Å². The lowest BCUT2D eigenvalue weighted by Gasteiger charge is -2.22. The molecule has 1 aromatic carbocycles. The summed E-state index contributed by atoms with van der Waals surface area (Å²) in [5.74, 6) is -0.722. The van der Waals surface area contributed by atoms with E-state index in [0.29, 0.717) is 11.3 Å². The fourth-order valence-corrected chi connectivity index (χ4v) is 1.60. The monoisotopic (exact) mass is 245 g/mol. The van der Waals surface area contributed by atoms with Crippen molar-refractivity contribution in [3.63, 3.8) is 0 Å². The molecule has 1 heterocycles. The van der Waals surface area contributed by atoms with Crippen LogP contribution < -0.4 is 10.6 Å². The number of nitriles is 1. The van der Waals surface area contributed by atoms with Crippen molar-refractivity contribution < 1.29 is 14.3 Å². The van der Waals surface area contributed by atoms with Crippen LogP contribution in [0.2, 0.25) is 0 Å². The number of para-hydroxylation sites is 1. The molecule has 1 unspecified atom stereocenters. The predicted molar refractivity (Wildman–Crippen MR) is 62.5 cm³/mol. The summed E-state index contributed by atoms with van der Waals surface area (Å²) < 4.78 is 4.97. The minimum absolute atomic E-state index is 0.0292. The molecule has 2 amide bonds. The van der Waals surface area contributed by atoms with Crippen LogP contribution in [0.15, 0.2) is 24.3 Å². The summed E-state index contributed by atoms with van der Waals surface area (Å²) in [6.45, 7) is 0.102. The van der Waals surface area contributed by atoms with Crippen LogP contribution in [0.3, 0.4) is 0 Å². The Morgan fingerprint density at radius 3 is 3.00 bits per heavy atom. The second-order valence-corrected chi connectivity index (χ2v) is 3.78. The Balaban J connectivity index is 2.07. The van der Waals surface area contributed by atoms with Gasteiger partial charge in [-0.05, 0) is 12.1 Å². The molecular formula is C12H11N3O3. The summed E-state index contributed by atoms with van der Waals surface area (Å²) in [6.07, 6.45) is 0. The molecule has 1 atom stereocenters. The number of amides is 2. The summed E-state index contributed by atoms with van der Waals surface area (Å²) in [5, 5.41) is 14.0. The Labute approximate surface area is 104 Å². The number of carbonyl (C=O) groups is 2. The number of ether oxygens (including phenoxy) is 1. The molecule has 1 saturated heterocycles. The number of hydrogen-bond acceptors (Lipinski definition) is 4. The molecule has 0 saturated carbocycles. The zero-order chi connectivity index (χ0) is 13.0. The average molecular weight is 245 g/mol. The highest BCUT2D eigenvalue weighted by molar-refractivity contribution is 5.98. The summed E-state index contributed by atoms with van der Waals surface area (Å²) >= 11 is 0. The number of anilines is 1. The van der Waals surface area contributed by atoms with Crippen LogP contribution >= 0.6 is 0 Å². The first-order valence-electron chi connectivity index (χ1n) is 5.38. The van der Waals surface area contributed by atoms with Gasteiger partial charge in [-0.2, -0.15) is 5.26 Å². The Kier molecular flexibility index (Phi) is 3.55. The summed E-state index contributed by atoms with van der Waals surface area (Å²) in [5.41, 5.74) is 0.790. The minimum atomic E-state index is -0.724. The number of morpholine rings is 1. The fraction of sp³-hybridized carbons (Fsp3) is 0.250. The molecule has 0 aliphatic carbocycles. The molecule has 92 valence electrons. The number of nitrogens with zero attached hydrogens (tertiary/aromatic N) is 1. The molecule has 1 aliphatic heterocycles. The van der Waals surface area contributed by atoms with Gasteiger partial charge in [0.25, 0.3) is 0 Å². The van der Waals surface area contributed by atoms with Gasteiger partial charge in [-0.25, -0.2) is 0 Å².